The van der Waals surface area contributed by atoms with Gasteiger partial charge in [-0.1, -0.05) is 0 Å². The van der Waals surface area contributed by atoms with Gasteiger partial charge in [-0.05, 0) is 51.1 Å². The van der Waals surface area contributed by atoms with Crippen LogP contribution in [0.2, 0.25) is 0 Å². The molecule has 0 saturated carbocycles. The topological polar surface area (TPSA) is 21.3 Å². The van der Waals surface area contributed by atoms with Crippen LogP contribution in [0, 0.1) is 5.41 Å². The lowest BCUT2D eigenvalue weighted by Crippen LogP contribution is -2.43. The Morgan fingerprint density at radius 3 is 2.58 bits per heavy atom. The van der Waals surface area contributed by atoms with E-state index >= 15 is 0 Å². The second-order valence-electron chi connectivity index (χ2n) is 4.41. The fourth-order valence-corrected chi connectivity index (χ4v) is 2.34. The van der Waals surface area contributed by atoms with E-state index in [9.17, 15) is 0 Å². The van der Waals surface area contributed by atoms with Crippen molar-refractivity contribution in [3.63, 3.8) is 0 Å². The van der Waals surface area contributed by atoms with Crippen LogP contribution in [0.5, 0.6) is 0 Å². The molecule has 0 aromatic carbocycles. The highest BCUT2D eigenvalue weighted by Gasteiger charge is 2.35. The molecule has 2 nitrogen and oxygen atoms in total. The first-order valence-electron chi connectivity index (χ1n) is 5.13. The highest BCUT2D eigenvalue weighted by molar-refractivity contribution is 4.87. The predicted molar refractivity (Wildman–Crippen MR) is 49.2 cm³/mol. The van der Waals surface area contributed by atoms with Crippen LogP contribution in [0.4, 0.5) is 0 Å². The van der Waals surface area contributed by atoms with Gasteiger partial charge in [-0.25, -0.2) is 0 Å². The van der Waals surface area contributed by atoms with Gasteiger partial charge in [0.1, 0.15) is 0 Å². The third kappa shape index (κ3) is 1.64. The first-order valence-corrected chi connectivity index (χ1v) is 5.13. The SMILES string of the molecule is C[C@@H]1CCC2(CCNCC2)CO1. The monoisotopic (exact) mass is 169 g/mol. The van der Waals surface area contributed by atoms with E-state index in [0.717, 1.165) is 6.61 Å². The van der Waals surface area contributed by atoms with Gasteiger partial charge in [0.25, 0.3) is 0 Å². The van der Waals surface area contributed by atoms with Gasteiger partial charge in [0.2, 0.25) is 0 Å². The lowest BCUT2D eigenvalue weighted by Gasteiger charge is -2.42. The third-order valence-electron chi connectivity index (χ3n) is 3.42. The fraction of sp³-hybridized carbons (Fsp3) is 1.00. The number of hydrogen-bond acceptors (Lipinski definition) is 2. The largest absolute Gasteiger partial charge is 0.378 e. The predicted octanol–water partition coefficient (Wildman–Crippen LogP) is 1.56. The van der Waals surface area contributed by atoms with Gasteiger partial charge < -0.3 is 10.1 Å². The first kappa shape index (κ1) is 8.52. The average molecular weight is 169 g/mol. The maximum absolute atomic E-state index is 5.74. The van der Waals surface area contributed by atoms with Crippen molar-refractivity contribution in [2.75, 3.05) is 19.7 Å². The Morgan fingerprint density at radius 2 is 2.00 bits per heavy atom. The van der Waals surface area contributed by atoms with Crippen LogP contribution in [0.1, 0.15) is 32.6 Å². The number of nitrogens with one attached hydrogen (secondary N) is 1. The highest BCUT2D eigenvalue weighted by Crippen LogP contribution is 2.38. The number of hydrogen-bond donors (Lipinski definition) is 1. The molecule has 1 spiro atoms. The Kier molecular flexibility index (Phi) is 2.37. The Balaban J connectivity index is 1.92. The van der Waals surface area contributed by atoms with E-state index in [1.807, 2.05) is 0 Å². The van der Waals surface area contributed by atoms with Gasteiger partial charge >= 0.3 is 0 Å². The molecule has 2 aliphatic heterocycles. The molecule has 12 heavy (non-hydrogen) atoms. The highest BCUT2D eigenvalue weighted by atomic mass is 16.5. The molecule has 0 unspecified atom stereocenters. The molecule has 1 N–H and O–H groups in total. The molecular weight excluding hydrogens is 150 g/mol. The molecule has 2 heteroatoms. The number of rotatable bonds is 0. The molecule has 2 fully saturated rings. The van der Waals surface area contributed by atoms with Gasteiger partial charge in [0.15, 0.2) is 0 Å². The summed E-state index contributed by atoms with van der Waals surface area (Å²) in [6.07, 6.45) is 5.79. The zero-order valence-electron chi connectivity index (χ0n) is 7.94. The first-order chi connectivity index (χ1) is 5.81. The summed E-state index contributed by atoms with van der Waals surface area (Å²) in [5, 5.41) is 3.41. The zero-order chi connectivity index (χ0) is 8.44. The van der Waals surface area contributed by atoms with Crippen LogP contribution >= 0.6 is 0 Å². The van der Waals surface area contributed by atoms with E-state index in [-0.39, 0.29) is 0 Å². The third-order valence-corrected chi connectivity index (χ3v) is 3.42. The van der Waals surface area contributed by atoms with Crippen LogP contribution in [-0.2, 0) is 4.74 Å². The summed E-state index contributed by atoms with van der Waals surface area (Å²) in [6, 6.07) is 0. The van der Waals surface area contributed by atoms with Crippen LogP contribution in [0.3, 0.4) is 0 Å². The van der Waals surface area contributed by atoms with Crippen molar-refractivity contribution < 1.29 is 4.74 Å². The van der Waals surface area contributed by atoms with Gasteiger partial charge in [0.05, 0.1) is 12.7 Å². The van der Waals surface area contributed by atoms with Crippen molar-refractivity contribution in [3.05, 3.63) is 0 Å². The minimum absolute atomic E-state index is 0.505. The molecule has 0 bridgehead atoms. The molecule has 2 heterocycles. The fourth-order valence-electron chi connectivity index (χ4n) is 2.34. The summed E-state index contributed by atoms with van der Waals surface area (Å²) in [5.74, 6) is 0. The molecule has 0 radical (unpaired) electrons. The van der Waals surface area contributed by atoms with Gasteiger partial charge in [-0.2, -0.15) is 0 Å². The summed E-state index contributed by atoms with van der Waals surface area (Å²) in [6.45, 7) is 5.58. The quantitative estimate of drug-likeness (QED) is 0.594. The van der Waals surface area contributed by atoms with Crippen molar-refractivity contribution >= 4 is 0 Å². The second-order valence-corrected chi connectivity index (χ2v) is 4.41. The molecule has 0 aliphatic carbocycles. The summed E-state index contributed by atoms with van der Waals surface area (Å²) < 4.78 is 5.74. The van der Waals surface area contributed by atoms with Crippen LogP contribution in [0.15, 0.2) is 0 Å². The van der Waals surface area contributed by atoms with Crippen molar-refractivity contribution in [2.45, 2.75) is 38.7 Å². The average Bonchev–Trinajstić information content (AvgIpc) is 2.13. The number of ether oxygens (including phenoxy) is 1. The Labute approximate surface area is 74.7 Å². The Bertz CT molecular complexity index is 142. The lowest BCUT2D eigenvalue weighted by atomic mass is 9.74. The summed E-state index contributed by atoms with van der Waals surface area (Å²) in [4.78, 5) is 0. The molecule has 0 aromatic rings. The molecule has 70 valence electrons. The maximum atomic E-state index is 5.74. The van der Waals surface area contributed by atoms with Crippen molar-refractivity contribution in [1.82, 2.24) is 5.32 Å². The molecule has 1 atom stereocenters. The van der Waals surface area contributed by atoms with E-state index in [1.165, 1.54) is 38.8 Å². The Morgan fingerprint density at radius 1 is 1.25 bits per heavy atom. The molecule has 2 rings (SSSR count). The molecular formula is C10H19NO. The smallest absolute Gasteiger partial charge is 0.0547 e. The molecule has 0 amide bonds. The zero-order valence-corrected chi connectivity index (χ0v) is 7.94. The van der Waals surface area contributed by atoms with Crippen molar-refractivity contribution in [3.8, 4) is 0 Å². The van der Waals surface area contributed by atoms with Gasteiger partial charge in [-0.15, -0.1) is 0 Å². The van der Waals surface area contributed by atoms with Crippen LogP contribution in [-0.4, -0.2) is 25.8 Å². The van der Waals surface area contributed by atoms with Gasteiger partial charge in [-0.3, -0.25) is 0 Å². The van der Waals surface area contributed by atoms with E-state index in [2.05, 4.69) is 12.2 Å². The van der Waals surface area contributed by atoms with E-state index < -0.39 is 0 Å². The maximum Gasteiger partial charge on any atom is 0.0547 e. The van der Waals surface area contributed by atoms with E-state index in [0.29, 0.717) is 11.5 Å². The van der Waals surface area contributed by atoms with Crippen LogP contribution in [0.25, 0.3) is 0 Å². The van der Waals surface area contributed by atoms with Gasteiger partial charge in [0, 0.05) is 0 Å². The minimum atomic E-state index is 0.505. The minimum Gasteiger partial charge on any atom is -0.378 e. The second kappa shape index (κ2) is 3.35. The summed E-state index contributed by atoms with van der Waals surface area (Å²) in [7, 11) is 0. The van der Waals surface area contributed by atoms with Crippen molar-refractivity contribution in [2.24, 2.45) is 5.41 Å². The Hall–Kier alpha value is -0.0800. The standard InChI is InChI=1S/C10H19NO/c1-9-2-3-10(8-12-9)4-6-11-7-5-10/h9,11H,2-8H2,1H3/t9-/m1/s1. The number of piperidine rings is 1. The normalized spacial score (nSPS) is 35.2. The molecule has 2 aliphatic rings. The molecule has 0 aromatic heterocycles. The van der Waals surface area contributed by atoms with Crippen molar-refractivity contribution in [1.29, 1.82) is 0 Å². The summed E-state index contributed by atoms with van der Waals surface area (Å²) in [5.41, 5.74) is 0.553. The summed E-state index contributed by atoms with van der Waals surface area (Å²) >= 11 is 0. The van der Waals surface area contributed by atoms with Crippen LogP contribution < -0.4 is 5.32 Å². The molecule has 2 saturated heterocycles. The van der Waals surface area contributed by atoms with E-state index in [1.54, 1.807) is 0 Å². The van der Waals surface area contributed by atoms with E-state index in [4.69, 9.17) is 4.74 Å². The lowest BCUT2D eigenvalue weighted by molar-refractivity contribution is -0.0664.